The third-order valence-electron chi connectivity index (χ3n) is 1.55. The lowest BCUT2D eigenvalue weighted by Crippen LogP contribution is -2.13. The number of aliphatic carboxylic acids is 1. The van der Waals surface area contributed by atoms with Crippen molar-refractivity contribution < 1.29 is 14.8 Å². The lowest BCUT2D eigenvalue weighted by Gasteiger charge is -2.01. The molecule has 0 amide bonds. The van der Waals surface area contributed by atoms with Crippen molar-refractivity contribution in [2.24, 2.45) is 0 Å². The van der Waals surface area contributed by atoms with E-state index in [-0.39, 0.29) is 12.2 Å². The number of nitrogens with zero attached hydrogens (tertiary/aromatic N) is 4. The van der Waals surface area contributed by atoms with Crippen molar-refractivity contribution in [3.8, 4) is 0 Å². The van der Waals surface area contributed by atoms with Gasteiger partial charge in [-0.3, -0.25) is 4.79 Å². The maximum atomic E-state index is 10.3. The van der Waals surface area contributed by atoms with E-state index in [1.807, 2.05) is 0 Å². The van der Waals surface area contributed by atoms with Gasteiger partial charge in [0.1, 0.15) is 6.04 Å². The highest BCUT2D eigenvalue weighted by Crippen LogP contribution is 2.10. The molecule has 1 atom stereocenters. The molecular weight excluding hydrogens is 192 g/mol. The molecule has 1 N–H and O–H groups in total. The number of hydrogen-bond acceptors (Lipinski definition) is 5. The molecule has 8 nitrogen and oxygen atoms in total. The van der Waals surface area contributed by atoms with E-state index in [4.69, 9.17) is 5.11 Å². The molecule has 0 saturated heterocycles. The zero-order chi connectivity index (χ0) is 10.7. The maximum Gasteiger partial charge on any atom is 0.410 e. The summed E-state index contributed by atoms with van der Waals surface area (Å²) in [5, 5.41) is 25.8. The monoisotopic (exact) mass is 200 g/mol. The summed E-state index contributed by atoms with van der Waals surface area (Å²) in [5.41, 5.74) is 0. The van der Waals surface area contributed by atoms with Crippen LogP contribution in [0.15, 0.2) is 6.20 Å². The number of rotatable bonds is 4. The summed E-state index contributed by atoms with van der Waals surface area (Å²) in [5.74, 6) is -1.39. The summed E-state index contributed by atoms with van der Waals surface area (Å²) in [7, 11) is 0. The fourth-order valence-corrected chi connectivity index (χ4v) is 0.898. The van der Waals surface area contributed by atoms with E-state index in [1.54, 1.807) is 6.92 Å². The Hall–Kier alpha value is -1.99. The van der Waals surface area contributed by atoms with Crippen LogP contribution in [0.1, 0.15) is 19.4 Å². The van der Waals surface area contributed by atoms with Gasteiger partial charge in [-0.25, -0.2) is 0 Å². The van der Waals surface area contributed by atoms with E-state index in [1.165, 1.54) is 0 Å². The predicted octanol–water partition coefficient (Wildman–Crippen LogP) is 0.222. The number of aromatic nitrogens is 3. The molecule has 1 rings (SSSR count). The van der Waals surface area contributed by atoms with Crippen molar-refractivity contribution >= 4 is 11.8 Å². The van der Waals surface area contributed by atoms with Crippen molar-refractivity contribution in [2.75, 3.05) is 0 Å². The Morgan fingerprint density at radius 1 is 1.86 bits per heavy atom. The second-order valence-electron chi connectivity index (χ2n) is 2.73. The molecule has 8 heteroatoms. The van der Waals surface area contributed by atoms with Crippen LogP contribution in [0.3, 0.4) is 0 Å². The molecule has 0 fully saturated rings. The SMILES string of the molecule is CC(CC(=O)O)n1ncc([N+](=O)[O-])n1. The van der Waals surface area contributed by atoms with E-state index in [2.05, 4.69) is 10.2 Å². The molecule has 0 aliphatic rings. The summed E-state index contributed by atoms with van der Waals surface area (Å²) >= 11 is 0. The maximum absolute atomic E-state index is 10.3. The van der Waals surface area contributed by atoms with Gasteiger partial charge in [0, 0.05) is 0 Å². The van der Waals surface area contributed by atoms with Gasteiger partial charge in [0.15, 0.2) is 6.20 Å². The highest BCUT2D eigenvalue weighted by Gasteiger charge is 2.19. The fraction of sp³-hybridized carbons (Fsp3) is 0.500. The molecular formula is C6H8N4O4. The molecule has 0 bridgehead atoms. The van der Waals surface area contributed by atoms with E-state index in [0.717, 1.165) is 11.0 Å². The van der Waals surface area contributed by atoms with E-state index in [9.17, 15) is 14.9 Å². The molecule has 1 aromatic heterocycles. The molecule has 0 aromatic carbocycles. The molecule has 1 heterocycles. The number of hydrogen-bond donors (Lipinski definition) is 1. The molecule has 0 spiro atoms. The Labute approximate surface area is 78.3 Å². The molecule has 14 heavy (non-hydrogen) atoms. The lowest BCUT2D eigenvalue weighted by atomic mass is 10.2. The van der Waals surface area contributed by atoms with Gasteiger partial charge in [0.05, 0.1) is 11.5 Å². The van der Waals surface area contributed by atoms with Crippen molar-refractivity contribution in [1.29, 1.82) is 0 Å². The smallest absolute Gasteiger partial charge is 0.410 e. The molecule has 1 unspecified atom stereocenters. The third-order valence-corrected chi connectivity index (χ3v) is 1.55. The molecule has 0 aliphatic heterocycles. The first-order chi connectivity index (χ1) is 6.50. The quantitative estimate of drug-likeness (QED) is 0.549. The first-order valence-electron chi connectivity index (χ1n) is 3.78. The highest BCUT2D eigenvalue weighted by molar-refractivity contribution is 5.67. The normalized spacial score (nSPS) is 12.4. The van der Waals surface area contributed by atoms with E-state index < -0.39 is 16.9 Å². The number of carbonyl (C=O) groups is 1. The van der Waals surface area contributed by atoms with Crippen LogP contribution in [-0.2, 0) is 4.79 Å². The summed E-state index contributed by atoms with van der Waals surface area (Å²) in [6.07, 6.45) is 0.810. The molecule has 0 aliphatic carbocycles. The van der Waals surface area contributed by atoms with Crippen molar-refractivity contribution in [2.45, 2.75) is 19.4 Å². The fourth-order valence-electron chi connectivity index (χ4n) is 0.898. The molecule has 0 radical (unpaired) electrons. The number of nitro groups is 1. The molecule has 76 valence electrons. The average molecular weight is 200 g/mol. The van der Waals surface area contributed by atoms with Crippen LogP contribution in [0.2, 0.25) is 0 Å². The van der Waals surface area contributed by atoms with Crippen LogP contribution < -0.4 is 0 Å². The largest absolute Gasteiger partial charge is 0.481 e. The summed E-state index contributed by atoms with van der Waals surface area (Å²) < 4.78 is 0. The molecule has 1 aromatic rings. The van der Waals surface area contributed by atoms with Gasteiger partial charge in [-0.2, -0.15) is 0 Å². The Balaban J connectivity index is 2.76. The third kappa shape index (κ3) is 2.25. The second-order valence-corrected chi connectivity index (χ2v) is 2.73. The van der Waals surface area contributed by atoms with Gasteiger partial charge < -0.3 is 15.2 Å². The highest BCUT2D eigenvalue weighted by atomic mass is 16.6. The Morgan fingerprint density at radius 2 is 2.50 bits per heavy atom. The minimum Gasteiger partial charge on any atom is -0.481 e. The van der Waals surface area contributed by atoms with Crippen LogP contribution in [0.25, 0.3) is 0 Å². The van der Waals surface area contributed by atoms with E-state index >= 15 is 0 Å². The van der Waals surface area contributed by atoms with Gasteiger partial charge in [-0.15, -0.1) is 5.10 Å². The Morgan fingerprint density at radius 3 is 2.93 bits per heavy atom. The first kappa shape index (κ1) is 10.1. The van der Waals surface area contributed by atoms with Crippen LogP contribution in [-0.4, -0.2) is 31.0 Å². The van der Waals surface area contributed by atoms with Crippen LogP contribution >= 0.6 is 0 Å². The van der Waals surface area contributed by atoms with Crippen LogP contribution in [0.5, 0.6) is 0 Å². The Kier molecular flexibility index (Phi) is 2.75. The standard InChI is InChI=1S/C6H8N4O4/c1-4(2-6(11)12)9-7-3-5(8-9)10(13)14/h3-4H,2H2,1H3,(H,11,12). The summed E-state index contributed by atoms with van der Waals surface area (Å²) in [6, 6.07) is -0.499. The average Bonchev–Trinajstić information content (AvgIpc) is 2.50. The zero-order valence-corrected chi connectivity index (χ0v) is 7.32. The number of carboxylic acids is 1. The van der Waals surface area contributed by atoms with Gasteiger partial charge in [0.25, 0.3) is 0 Å². The first-order valence-corrected chi connectivity index (χ1v) is 3.78. The van der Waals surface area contributed by atoms with Crippen LogP contribution in [0, 0.1) is 10.1 Å². The summed E-state index contributed by atoms with van der Waals surface area (Å²) in [4.78, 5) is 20.9. The van der Waals surface area contributed by atoms with Crippen LogP contribution in [0.4, 0.5) is 5.82 Å². The van der Waals surface area contributed by atoms with Gasteiger partial charge in [-0.05, 0) is 11.8 Å². The minimum absolute atomic E-state index is 0.175. The van der Waals surface area contributed by atoms with Gasteiger partial charge >= 0.3 is 11.8 Å². The summed E-state index contributed by atoms with van der Waals surface area (Å²) in [6.45, 7) is 1.57. The predicted molar refractivity (Wildman–Crippen MR) is 43.6 cm³/mol. The molecule has 0 saturated carbocycles. The van der Waals surface area contributed by atoms with Gasteiger partial charge in [0.2, 0.25) is 0 Å². The van der Waals surface area contributed by atoms with Crippen molar-refractivity contribution in [3.05, 3.63) is 16.3 Å². The number of carboxylic acid groups (broad SMARTS) is 1. The van der Waals surface area contributed by atoms with E-state index in [0.29, 0.717) is 0 Å². The topological polar surface area (TPSA) is 111 Å². The van der Waals surface area contributed by atoms with Gasteiger partial charge in [-0.1, -0.05) is 4.80 Å². The zero-order valence-electron chi connectivity index (χ0n) is 7.32. The second kappa shape index (κ2) is 3.81. The lowest BCUT2D eigenvalue weighted by molar-refractivity contribution is -0.389. The van der Waals surface area contributed by atoms with Crippen molar-refractivity contribution in [3.63, 3.8) is 0 Å². The Bertz CT molecular complexity index is 360. The van der Waals surface area contributed by atoms with Crippen molar-refractivity contribution in [1.82, 2.24) is 15.0 Å². The minimum atomic E-state index is -1.00.